The molecule has 0 aliphatic rings. The zero-order valence-electron chi connectivity index (χ0n) is 9.38. The SMILES string of the molecule is Cc1ccc(CCCC(C)(C)O)cc1. The largest absolute Gasteiger partial charge is 0.390 e. The summed E-state index contributed by atoms with van der Waals surface area (Å²) in [6.45, 7) is 5.82. The predicted octanol–water partition coefficient (Wildman–Crippen LogP) is 3.09. The van der Waals surface area contributed by atoms with Gasteiger partial charge in [-0.1, -0.05) is 29.8 Å². The number of hydrogen-bond donors (Lipinski definition) is 1. The molecule has 0 bridgehead atoms. The maximum atomic E-state index is 9.54. The molecule has 0 atom stereocenters. The molecule has 1 heteroatoms. The van der Waals surface area contributed by atoms with E-state index in [4.69, 9.17) is 0 Å². The summed E-state index contributed by atoms with van der Waals surface area (Å²) in [6, 6.07) is 8.61. The number of hydrogen-bond acceptors (Lipinski definition) is 1. The van der Waals surface area contributed by atoms with Crippen molar-refractivity contribution >= 4 is 0 Å². The molecule has 0 heterocycles. The molecule has 0 unspecified atom stereocenters. The van der Waals surface area contributed by atoms with E-state index in [2.05, 4.69) is 31.2 Å². The van der Waals surface area contributed by atoms with Crippen molar-refractivity contribution < 1.29 is 5.11 Å². The van der Waals surface area contributed by atoms with Crippen LogP contribution in [0.2, 0.25) is 0 Å². The van der Waals surface area contributed by atoms with E-state index in [0.717, 1.165) is 19.3 Å². The van der Waals surface area contributed by atoms with Gasteiger partial charge in [-0.2, -0.15) is 0 Å². The van der Waals surface area contributed by atoms with Crippen molar-refractivity contribution in [1.29, 1.82) is 0 Å². The molecule has 78 valence electrons. The average molecular weight is 192 g/mol. The molecule has 0 aliphatic carbocycles. The first-order valence-electron chi connectivity index (χ1n) is 5.25. The van der Waals surface area contributed by atoms with Gasteiger partial charge in [0.15, 0.2) is 0 Å². The van der Waals surface area contributed by atoms with Gasteiger partial charge < -0.3 is 5.11 Å². The lowest BCUT2D eigenvalue weighted by atomic mass is 9.99. The third-order valence-electron chi connectivity index (χ3n) is 2.37. The van der Waals surface area contributed by atoms with Gasteiger partial charge in [0.25, 0.3) is 0 Å². The molecule has 0 aliphatic heterocycles. The molecule has 0 amide bonds. The Morgan fingerprint density at radius 1 is 1.14 bits per heavy atom. The van der Waals surface area contributed by atoms with E-state index in [0.29, 0.717) is 0 Å². The summed E-state index contributed by atoms with van der Waals surface area (Å²) in [5.41, 5.74) is 2.14. The van der Waals surface area contributed by atoms with Gasteiger partial charge in [0, 0.05) is 0 Å². The van der Waals surface area contributed by atoms with Crippen LogP contribution in [-0.4, -0.2) is 10.7 Å². The van der Waals surface area contributed by atoms with Crippen LogP contribution in [0.1, 0.15) is 37.8 Å². The van der Waals surface area contributed by atoms with E-state index in [9.17, 15) is 5.11 Å². The minimum Gasteiger partial charge on any atom is -0.390 e. The molecule has 0 radical (unpaired) electrons. The lowest BCUT2D eigenvalue weighted by molar-refractivity contribution is 0.0689. The first kappa shape index (κ1) is 11.3. The molecule has 0 saturated heterocycles. The monoisotopic (exact) mass is 192 g/mol. The summed E-state index contributed by atoms with van der Waals surface area (Å²) in [7, 11) is 0. The van der Waals surface area contributed by atoms with E-state index in [1.807, 2.05) is 13.8 Å². The molecular weight excluding hydrogens is 172 g/mol. The Hall–Kier alpha value is -0.820. The maximum Gasteiger partial charge on any atom is 0.0591 e. The van der Waals surface area contributed by atoms with Crippen molar-refractivity contribution in [2.75, 3.05) is 0 Å². The van der Waals surface area contributed by atoms with Gasteiger partial charge in [-0.15, -0.1) is 0 Å². The smallest absolute Gasteiger partial charge is 0.0591 e. The molecule has 0 aromatic heterocycles. The van der Waals surface area contributed by atoms with Crippen LogP contribution in [0.4, 0.5) is 0 Å². The highest BCUT2D eigenvalue weighted by Crippen LogP contribution is 2.13. The average Bonchev–Trinajstić information content (AvgIpc) is 2.06. The van der Waals surface area contributed by atoms with Crippen LogP contribution in [-0.2, 0) is 6.42 Å². The van der Waals surface area contributed by atoms with E-state index in [-0.39, 0.29) is 0 Å². The third kappa shape index (κ3) is 4.43. The number of aliphatic hydroxyl groups is 1. The summed E-state index contributed by atoms with van der Waals surface area (Å²) < 4.78 is 0. The molecule has 1 aromatic rings. The van der Waals surface area contributed by atoms with Gasteiger partial charge in [-0.05, 0) is 45.6 Å². The Kier molecular flexibility index (Phi) is 3.70. The highest BCUT2D eigenvalue weighted by molar-refractivity contribution is 5.21. The molecule has 0 fully saturated rings. The lowest BCUT2D eigenvalue weighted by Gasteiger charge is -2.16. The van der Waals surface area contributed by atoms with Gasteiger partial charge in [-0.3, -0.25) is 0 Å². The second-order valence-corrected chi connectivity index (χ2v) is 4.65. The fraction of sp³-hybridized carbons (Fsp3) is 0.538. The van der Waals surface area contributed by atoms with E-state index >= 15 is 0 Å². The second kappa shape index (κ2) is 4.61. The number of aryl methyl sites for hydroxylation is 2. The van der Waals surface area contributed by atoms with Crippen molar-refractivity contribution in [3.05, 3.63) is 35.4 Å². The summed E-state index contributed by atoms with van der Waals surface area (Å²) in [6.07, 6.45) is 2.97. The van der Waals surface area contributed by atoms with Gasteiger partial charge in [0.05, 0.1) is 5.60 Å². The van der Waals surface area contributed by atoms with Crippen LogP contribution >= 0.6 is 0 Å². The first-order chi connectivity index (χ1) is 6.47. The Labute approximate surface area is 86.8 Å². The first-order valence-corrected chi connectivity index (χ1v) is 5.25. The molecule has 1 nitrogen and oxygen atoms in total. The van der Waals surface area contributed by atoms with Crippen molar-refractivity contribution in [2.45, 2.75) is 45.6 Å². The lowest BCUT2D eigenvalue weighted by Crippen LogP contribution is -2.18. The van der Waals surface area contributed by atoms with Crippen LogP contribution in [0.5, 0.6) is 0 Å². The van der Waals surface area contributed by atoms with Gasteiger partial charge >= 0.3 is 0 Å². The van der Waals surface area contributed by atoms with Crippen molar-refractivity contribution in [1.82, 2.24) is 0 Å². The summed E-state index contributed by atoms with van der Waals surface area (Å²) in [5.74, 6) is 0. The van der Waals surface area contributed by atoms with Crippen LogP contribution in [0, 0.1) is 6.92 Å². The normalized spacial score (nSPS) is 11.7. The minimum atomic E-state index is -0.523. The molecule has 1 aromatic carbocycles. The Morgan fingerprint density at radius 3 is 2.21 bits per heavy atom. The van der Waals surface area contributed by atoms with Crippen LogP contribution in [0.3, 0.4) is 0 Å². The third-order valence-corrected chi connectivity index (χ3v) is 2.37. The van der Waals surface area contributed by atoms with E-state index in [1.165, 1.54) is 11.1 Å². The molecule has 1 rings (SSSR count). The summed E-state index contributed by atoms with van der Waals surface area (Å²) in [5, 5.41) is 9.54. The van der Waals surface area contributed by atoms with Crippen LogP contribution in [0.25, 0.3) is 0 Å². The Morgan fingerprint density at radius 2 is 1.71 bits per heavy atom. The van der Waals surface area contributed by atoms with Gasteiger partial charge in [0.1, 0.15) is 0 Å². The van der Waals surface area contributed by atoms with Gasteiger partial charge in [-0.25, -0.2) is 0 Å². The number of rotatable bonds is 4. The van der Waals surface area contributed by atoms with Crippen molar-refractivity contribution in [3.63, 3.8) is 0 Å². The van der Waals surface area contributed by atoms with Crippen LogP contribution < -0.4 is 0 Å². The minimum absolute atomic E-state index is 0.523. The van der Waals surface area contributed by atoms with E-state index in [1.54, 1.807) is 0 Å². The zero-order chi connectivity index (χ0) is 10.6. The summed E-state index contributed by atoms with van der Waals surface area (Å²) in [4.78, 5) is 0. The molecule has 0 spiro atoms. The van der Waals surface area contributed by atoms with Gasteiger partial charge in [0.2, 0.25) is 0 Å². The zero-order valence-corrected chi connectivity index (χ0v) is 9.38. The molecule has 14 heavy (non-hydrogen) atoms. The van der Waals surface area contributed by atoms with E-state index < -0.39 is 5.60 Å². The highest BCUT2D eigenvalue weighted by Gasteiger charge is 2.11. The fourth-order valence-electron chi connectivity index (χ4n) is 1.48. The van der Waals surface area contributed by atoms with Crippen molar-refractivity contribution in [3.8, 4) is 0 Å². The topological polar surface area (TPSA) is 20.2 Å². The highest BCUT2D eigenvalue weighted by atomic mass is 16.3. The predicted molar refractivity (Wildman–Crippen MR) is 60.4 cm³/mol. The molecular formula is C13H20O. The number of benzene rings is 1. The maximum absolute atomic E-state index is 9.54. The standard InChI is InChI=1S/C13H20O/c1-11-6-8-12(9-7-11)5-4-10-13(2,3)14/h6-9,14H,4-5,10H2,1-3H3. The quantitative estimate of drug-likeness (QED) is 0.777. The Bertz CT molecular complexity index is 266. The molecule has 1 N–H and O–H groups in total. The summed E-state index contributed by atoms with van der Waals surface area (Å²) >= 11 is 0. The van der Waals surface area contributed by atoms with Crippen LogP contribution in [0.15, 0.2) is 24.3 Å². The Balaban J connectivity index is 2.35. The second-order valence-electron chi connectivity index (χ2n) is 4.65. The fourth-order valence-corrected chi connectivity index (χ4v) is 1.48. The molecule has 0 saturated carbocycles. The van der Waals surface area contributed by atoms with Crippen molar-refractivity contribution in [2.24, 2.45) is 0 Å².